The molecule has 5 N–H and O–H groups in total. The molecular weight excluding hydrogens is 244 g/mol. The standard InChI is InChI=1S/C13H28N4O2/c1-5-6-11(16-13(15)19)12(18)17(4)8-7-10(14)9(2)3/h9-11H,5-8,14H2,1-4H3,(H3,15,16,19)/t10?,11-/m1/s1. The summed E-state index contributed by atoms with van der Waals surface area (Å²) in [6.45, 7) is 6.65. The second-order valence-corrected chi connectivity index (χ2v) is 5.31. The lowest BCUT2D eigenvalue weighted by atomic mass is 10.0. The minimum absolute atomic E-state index is 0.0731. The maximum absolute atomic E-state index is 12.2. The molecule has 19 heavy (non-hydrogen) atoms. The minimum atomic E-state index is -0.668. The summed E-state index contributed by atoms with van der Waals surface area (Å²) in [5, 5.41) is 2.49. The number of rotatable bonds is 8. The van der Waals surface area contributed by atoms with Crippen molar-refractivity contribution >= 4 is 11.9 Å². The Balaban J connectivity index is 4.37. The molecule has 112 valence electrons. The second kappa shape index (κ2) is 8.74. The number of urea groups is 1. The third-order valence-corrected chi connectivity index (χ3v) is 3.22. The van der Waals surface area contributed by atoms with Crippen molar-refractivity contribution in [3.8, 4) is 0 Å². The van der Waals surface area contributed by atoms with Gasteiger partial charge in [0.05, 0.1) is 0 Å². The molecule has 0 aromatic carbocycles. The first-order valence-corrected chi connectivity index (χ1v) is 6.86. The molecule has 0 fully saturated rings. The van der Waals surface area contributed by atoms with Gasteiger partial charge in [-0.2, -0.15) is 0 Å². The van der Waals surface area contributed by atoms with E-state index in [-0.39, 0.29) is 11.9 Å². The van der Waals surface area contributed by atoms with E-state index < -0.39 is 12.1 Å². The number of primary amides is 1. The van der Waals surface area contributed by atoms with Crippen LogP contribution in [-0.4, -0.2) is 42.5 Å². The van der Waals surface area contributed by atoms with E-state index in [1.54, 1.807) is 11.9 Å². The van der Waals surface area contributed by atoms with Crippen LogP contribution in [0.3, 0.4) is 0 Å². The van der Waals surface area contributed by atoms with E-state index in [9.17, 15) is 9.59 Å². The second-order valence-electron chi connectivity index (χ2n) is 5.31. The molecule has 1 unspecified atom stereocenters. The number of carbonyl (C=O) groups is 2. The van der Waals surface area contributed by atoms with Crippen molar-refractivity contribution in [2.75, 3.05) is 13.6 Å². The molecule has 3 amide bonds. The lowest BCUT2D eigenvalue weighted by Crippen LogP contribution is -2.49. The predicted octanol–water partition coefficient (Wildman–Crippen LogP) is 0.655. The quantitative estimate of drug-likeness (QED) is 0.604. The van der Waals surface area contributed by atoms with E-state index >= 15 is 0 Å². The summed E-state index contributed by atoms with van der Waals surface area (Å²) in [6, 6.07) is -1.13. The molecule has 0 saturated carbocycles. The third-order valence-electron chi connectivity index (χ3n) is 3.22. The molecule has 0 aliphatic rings. The lowest BCUT2D eigenvalue weighted by Gasteiger charge is -2.25. The Bertz CT molecular complexity index is 294. The van der Waals surface area contributed by atoms with E-state index in [0.29, 0.717) is 18.9 Å². The number of carbonyl (C=O) groups excluding carboxylic acids is 2. The highest BCUT2D eigenvalue weighted by Crippen LogP contribution is 2.06. The van der Waals surface area contributed by atoms with Gasteiger partial charge in [-0.1, -0.05) is 27.2 Å². The highest BCUT2D eigenvalue weighted by atomic mass is 16.2. The van der Waals surface area contributed by atoms with Crippen LogP contribution in [0.4, 0.5) is 4.79 Å². The molecule has 0 saturated heterocycles. The fourth-order valence-corrected chi connectivity index (χ4v) is 1.77. The van der Waals surface area contributed by atoms with Crippen LogP contribution in [0.1, 0.15) is 40.0 Å². The van der Waals surface area contributed by atoms with E-state index in [1.165, 1.54) is 0 Å². The number of nitrogens with one attached hydrogen (secondary N) is 1. The van der Waals surface area contributed by atoms with Crippen LogP contribution in [0.15, 0.2) is 0 Å². The van der Waals surface area contributed by atoms with E-state index in [0.717, 1.165) is 12.8 Å². The summed E-state index contributed by atoms with van der Waals surface area (Å²) in [4.78, 5) is 24.7. The Labute approximate surface area is 115 Å². The van der Waals surface area contributed by atoms with Gasteiger partial charge in [0.2, 0.25) is 5.91 Å². The van der Waals surface area contributed by atoms with Crippen LogP contribution < -0.4 is 16.8 Å². The van der Waals surface area contributed by atoms with Crippen molar-refractivity contribution in [2.24, 2.45) is 17.4 Å². The van der Waals surface area contributed by atoms with E-state index in [2.05, 4.69) is 19.2 Å². The molecule has 0 rings (SSSR count). The first-order valence-electron chi connectivity index (χ1n) is 6.86. The van der Waals surface area contributed by atoms with Gasteiger partial charge in [0, 0.05) is 19.6 Å². The molecule has 0 aromatic rings. The Morgan fingerprint density at radius 1 is 1.26 bits per heavy atom. The third kappa shape index (κ3) is 7.00. The molecule has 0 bridgehead atoms. The zero-order chi connectivity index (χ0) is 15.0. The van der Waals surface area contributed by atoms with Crippen molar-refractivity contribution in [3.05, 3.63) is 0 Å². The van der Waals surface area contributed by atoms with Gasteiger partial charge >= 0.3 is 6.03 Å². The van der Waals surface area contributed by atoms with Crippen LogP contribution in [0, 0.1) is 5.92 Å². The number of likely N-dealkylation sites (N-methyl/N-ethyl adjacent to an activating group) is 1. The predicted molar refractivity (Wildman–Crippen MR) is 76.5 cm³/mol. The van der Waals surface area contributed by atoms with Crippen molar-refractivity contribution in [3.63, 3.8) is 0 Å². The van der Waals surface area contributed by atoms with Gasteiger partial charge < -0.3 is 21.7 Å². The summed E-state index contributed by atoms with van der Waals surface area (Å²) in [5.74, 6) is 0.273. The highest BCUT2D eigenvalue weighted by Gasteiger charge is 2.22. The Hall–Kier alpha value is -1.30. The molecule has 0 aliphatic heterocycles. The molecule has 0 aliphatic carbocycles. The number of nitrogens with two attached hydrogens (primary N) is 2. The Kier molecular flexibility index (Phi) is 8.14. The number of hydrogen-bond donors (Lipinski definition) is 3. The van der Waals surface area contributed by atoms with E-state index in [1.807, 2.05) is 6.92 Å². The van der Waals surface area contributed by atoms with Gasteiger partial charge in [-0.15, -0.1) is 0 Å². The normalized spacial score (nSPS) is 14.0. The largest absolute Gasteiger partial charge is 0.352 e. The van der Waals surface area contributed by atoms with Gasteiger partial charge in [0.25, 0.3) is 0 Å². The first kappa shape index (κ1) is 17.7. The first-order chi connectivity index (χ1) is 8.79. The maximum atomic E-state index is 12.2. The summed E-state index contributed by atoms with van der Waals surface area (Å²) < 4.78 is 0. The average molecular weight is 272 g/mol. The van der Waals surface area contributed by atoms with Crippen molar-refractivity contribution < 1.29 is 9.59 Å². The molecule has 0 spiro atoms. The molecule has 6 heteroatoms. The monoisotopic (exact) mass is 272 g/mol. The molecule has 0 heterocycles. The molecule has 0 aromatic heterocycles. The summed E-state index contributed by atoms with van der Waals surface area (Å²) in [7, 11) is 1.72. The number of nitrogens with zero attached hydrogens (tertiary/aromatic N) is 1. The zero-order valence-corrected chi connectivity index (χ0v) is 12.5. The number of hydrogen-bond acceptors (Lipinski definition) is 3. The molecule has 0 radical (unpaired) electrons. The summed E-state index contributed by atoms with van der Waals surface area (Å²) in [6.07, 6.45) is 2.13. The van der Waals surface area contributed by atoms with Crippen LogP contribution in [0.5, 0.6) is 0 Å². The van der Waals surface area contributed by atoms with E-state index in [4.69, 9.17) is 11.5 Å². The summed E-state index contributed by atoms with van der Waals surface area (Å²) >= 11 is 0. The smallest absolute Gasteiger partial charge is 0.312 e. The van der Waals surface area contributed by atoms with Crippen LogP contribution in [-0.2, 0) is 4.79 Å². The van der Waals surface area contributed by atoms with Crippen molar-refractivity contribution in [1.82, 2.24) is 10.2 Å². The van der Waals surface area contributed by atoms with Crippen LogP contribution in [0.2, 0.25) is 0 Å². The highest BCUT2D eigenvalue weighted by molar-refractivity contribution is 5.86. The van der Waals surface area contributed by atoms with Crippen molar-refractivity contribution in [2.45, 2.75) is 52.1 Å². The molecule has 2 atom stereocenters. The van der Waals surface area contributed by atoms with Crippen LogP contribution >= 0.6 is 0 Å². The lowest BCUT2D eigenvalue weighted by molar-refractivity contribution is -0.132. The van der Waals surface area contributed by atoms with Gasteiger partial charge in [-0.05, 0) is 18.8 Å². The Morgan fingerprint density at radius 2 is 1.84 bits per heavy atom. The van der Waals surface area contributed by atoms with Gasteiger partial charge in [0.15, 0.2) is 0 Å². The van der Waals surface area contributed by atoms with Crippen molar-refractivity contribution in [1.29, 1.82) is 0 Å². The Morgan fingerprint density at radius 3 is 2.26 bits per heavy atom. The number of amides is 3. The maximum Gasteiger partial charge on any atom is 0.312 e. The van der Waals surface area contributed by atoms with Crippen LogP contribution in [0.25, 0.3) is 0 Å². The fourth-order valence-electron chi connectivity index (χ4n) is 1.77. The van der Waals surface area contributed by atoms with Gasteiger partial charge in [-0.25, -0.2) is 4.79 Å². The molecular formula is C13H28N4O2. The fraction of sp³-hybridized carbons (Fsp3) is 0.846. The zero-order valence-electron chi connectivity index (χ0n) is 12.5. The SMILES string of the molecule is CCC[C@@H](NC(N)=O)C(=O)N(C)CCC(N)C(C)C. The molecule has 6 nitrogen and oxygen atoms in total. The van der Waals surface area contributed by atoms with Gasteiger partial charge in [-0.3, -0.25) is 4.79 Å². The summed E-state index contributed by atoms with van der Waals surface area (Å²) in [5.41, 5.74) is 11.0. The average Bonchev–Trinajstić information content (AvgIpc) is 2.33. The van der Waals surface area contributed by atoms with Gasteiger partial charge in [0.1, 0.15) is 6.04 Å². The topological polar surface area (TPSA) is 101 Å². The minimum Gasteiger partial charge on any atom is -0.352 e.